The summed E-state index contributed by atoms with van der Waals surface area (Å²) < 4.78 is 1.07. The van der Waals surface area contributed by atoms with Gasteiger partial charge in [-0.15, -0.1) is 23.1 Å². The van der Waals surface area contributed by atoms with Gasteiger partial charge >= 0.3 is 0 Å². The summed E-state index contributed by atoms with van der Waals surface area (Å²) in [5.41, 5.74) is 6.47. The number of nitrogen functional groups attached to an aromatic ring is 1. The molecule has 2 rings (SSSR count). The lowest BCUT2D eigenvalue weighted by molar-refractivity contribution is 1.39. The fraction of sp³-hybridized carbons (Fsp3) is 0.0909. The average molecular weight is 300 g/mol. The van der Waals surface area contributed by atoms with E-state index < -0.39 is 0 Å². The molecule has 0 fully saturated rings. The molecular formula is C11H10BrNS2. The van der Waals surface area contributed by atoms with Gasteiger partial charge in [0.2, 0.25) is 0 Å². The first-order valence-electron chi connectivity index (χ1n) is 4.46. The van der Waals surface area contributed by atoms with Crippen LogP contribution in [0.3, 0.4) is 0 Å². The number of nitrogens with two attached hydrogens (primary N) is 1. The van der Waals surface area contributed by atoms with Crippen LogP contribution in [-0.2, 0) is 5.75 Å². The van der Waals surface area contributed by atoms with Gasteiger partial charge in [-0.2, -0.15) is 0 Å². The second-order valence-electron chi connectivity index (χ2n) is 3.06. The highest BCUT2D eigenvalue weighted by Crippen LogP contribution is 2.32. The van der Waals surface area contributed by atoms with E-state index in [4.69, 9.17) is 5.73 Å². The van der Waals surface area contributed by atoms with Crippen LogP contribution in [0.15, 0.2) is 45.1 Å². The average Bonchev–Trinajstić information content (AvgIpc) is 2.69. The molecule has 0 atom stereocenters. The molecule has 15 heavy (non-hydrogen) atoms. The van der Waals surface area contributed by atoms with Crippen molar-refractivity contribution < 1.29 is 0 Å². The maximum Gasteiger partial charge on any atom is 0.0331 e. The van der Waals surface area contributed by atoms with Crippen LogP contribution in [0.1, 0.15) is 4.88 Å². The van der Waals surface area contributed by atoms with E-state index in [0.29, 0.717) is 0 Å². The van der Waals surface area contributed by atoms with E-state index in [1.54, 1.807) is 11.3 Å². The molecule has 0 unspecified atom stereocenters. The zero-order valence-electron chi connectivity index (χ0n) is 7.94. The van der Waals surface area contributed by atoms with Crippen LogP contribution in [-0.4, -0.2) is 0 Å². The number of hydrogen-bond donors (Lipinski definition) is 1. The van der Waals surface area contributed by atoms with Crippen molar-refractivity contribution in [2.24, 2.45) is 0 Å². The number of rotatable bonds is 3. The summed E-state index contributed by atoms with van der Waals surface area (Å²) in [6.45, 7) is 0. The molecule has 0 bridgehead atoms. The van der Waals surface area contributed by atoms with Gasteiger partial charge in [0.25, 0.3) is 0 Å². The zero-order valence-corrected chi connectivity index (χ0v) is 11.2. The summed E-state index contributed by atoms with van der Waals surface area (Å²) in [7, 11) is 0. The minimum atomic E-state index is 0.794. The summed E-state index contributed by atoms with van der Waals surface area (Å²) in [5.74, 6) is 1.01. The summed E-state index contributed by atoms with van der Waals surface area (Å²) in [5, 5.41) is 2.11. The molecule has 0 aliphatic carbocycles. The minimum absolute atomic E-state index is 0.794. The van der Waals surface area contributed by atoms with E-state index in [1.807, 2.05) is 23.9 Å². The summed E-state index contributed by atoms with van der Waals surface area (Å²) in [4.78, 5) is 2.63. The van der Waals surface area contributed by atoms with Crippen LogP contribution in [0, 0.1) is 0 Å². The monoisotopic (exact) mass is 299 g/mol. The lowest BCUT2D eigenvalue weighted by Gasteiger charge is -2.03. The van der Waals surface area contributed by atoms with E-state index in [1.165, 1.54) is 9.77 Å². The van der Waals surface area contributed by atoms with Gasteiger partial charge in [0.1, 0.15) is 0 Å². The van der Waals surface area contributed by atoms with Crippen molar-refractivity contribution in [3.05, 3.63) is 45.1 Å². The quantitative estimate of drug-likeness (QED) is 0.672. The lowest BCUT2D eigenvalue weighted by atomic mass is 10.3. The van der Waals surface area contributed by atoms with E-state index in [0.717, 1.165) is 15.9 Å². The predicted molar refractivity (Wildman–Crippen MR) is 72.4 cm³/mol. The number of benzene rings is 1. The van der Waals surface area contributed by atoms with E-state index in [-0.39, 0.29) is 0 Å². The van der Waals surface area contributed by atoms with Gasteiger partial charge in [-0.3, -0.25) is 0 Å². The van der Waals surface area contributed by atoms with E-state index in [2.05, 4.69) is 39.5 Å². The highest BCUT2D eigenvalue weighted by atomic mass is 79.9. The molecule has 0 amide bonds. The normalized spacial score (nSPS) is 10.5. The van der Waals surface area contributed by atoms with Crippen LogP contribution in [0.2, 0.25) is 0 Å². The first-order chi connectivity index (χ1) is 7.25. The number of thioether (sulfide) groups is 1. The molecule has 2 N–H and O–H groups in total. The molecule has 2 aromatic rings. The van der Waals surface area contributed by atoms with Crippen LogP contribution >= 0.6 is 39.0 Å². The second kappa shape index (κ2) is 5.05. The molecule has 0 aliphatic rings. The predicted octanol–water partition coefficient (Wildman–Crippen LogP) is 4.39. The Morgan fingerprint density at radius 3 is 2.87 bits per heavy atom. The minimum Gasteiger partial charge on any atom is -0.399 e. The number of halogens is 1. The standard InChI is InChI=1S/C11H10BrNS2/c12-10-6-8(13)3-4-11(10)15-7-9-2-1-5-14-9/h1-6H,7,13H2. The Morgan fingerprint density at radius 1 is 1.33 bits per heavy atom. The van der Waals surface area contributed by atoms with Crippen molar-refractivity contribution in [2.75, 3.05) is 5.73 Å². The Labute approximate surface area is 106 Å². The fourth-order valence-electron chi connectivity index (χ4n) is 1.18. The first-order valence-corrected chi connectivity index (χ1v) is 7.12. The topological polar surface area (TPSA) is 26.0 Å². The van der Waals surface area contributed by atoms with Gasteiger partial charge in [0, 0.05) is 25.7 Å². The third-order valence-corrected chi connectivity index (χ3v) is 5.01. The van der Waals surface area contributed by atoms with Crippen LogP contribution in [0.25, 0.3) is 0 Å². The lowest BCUT2D eigenvalue weighted by Crippen LogP contribution is -1.85. The summed E-state index contributed by atoms with van der Waals surface area (Å²) in [6, 6.07) is 10.2. The largest absolute Gasteiger partial charge is 0.399 e. The van der Waals surface area contributed by atoms with Gasteiger partial charge < -0.3 is 5.73 Å². The Kier molecular flexibility index (Phi) is 3.72. The molecule has 1 heterocycles. The summed E-state index contributed by atoms with van der Waals surface area (Å²) in [6.07, 6.45) is 0. The molecule has 4 heteroatoms. The molecule has 1 aromatic carbocycles. The third-order valence-electron chi connectivity index (χ3n) is 1.91. The molecule has 1 nitrogen and oxygen atoms in total. The maximum atomic E-state index is 5.68. The molecular weight excluding hydrogens is 290 g/mol. The second-order valence-corrected chi connectivity index (χ2v) is 5.96. The number of hydrogen-bond acceptors (Lipinski definition) is 3. The van der Waals surface area contributed by atoms with Gasteiger partial charge in [-0.1, -0.05) is 6.07 Å². The van der Waals surface area contributed by atoms with Crippen molar-refractivity contribution in [3.8, 4) is 0 Å². The Hall–Kier alpha value is -0.450. The van der Waals surface area contributed by atoms with Gasteiger partial charge in [0.05, 0.1) is 0 Å². The molecule has 0 radical (unpaired) electrons. The highest BCUT2D eigenvalue weighted by Gasteiger charge is 2.02. The van der Waals surface area contributed by atoms with Crippen molar-refractivity contribution in [2.45, 2.75) is 10.6 Å². The van der Waals surface area contributed by atoms with Crippen LogP contribution in [0.4, 0.5) is 5.69 Å². The zero-order chi connectivity index (χ0) is 10.7. The molecule has 1 aromatic heterocycles. The van der Waals surface area contributed by atoms with Crippen LogP contribution < -0.4 is 5.73 Å². The Bertz CT molecular complexity index is 440. The smallest absolute Gasteiger partial charge is 0.0331 e. The number of thiophene rings is 1. The van der Waals surface area contributed by atoms with Gasteiger partial charge in [-0.05, 0) is 45.6 Å². The Balaban J connectivity index is 2.05. The molecule has 0 aliphatic heterocycles. The Morgan fingerprint density at radius 2 is 2.20 bits per heavy atom. The molecule has 0 spiro atoms. The molecule has 0 saturated carbocycles. The SMILES string of the molecule is Nc1ccc(SCc2cccs2)c(Br)c1. The van der Waals surface area contributed by atoms with Gasteiger partial charge in [-0.25, -0.2) is 0 Å². The van der Waals surface area contributed by atoms with Crippen molar-refractivity contribution in [1.82, 2.24) is 0 Å². The summed E-state index contributed by atoms with van der Waals surface area (Å²) >= 11 is 7.13. The third kappa shape index (κ3) is 3.00. The van der Waals surface area contributed by atoms with Crippen molar-refractivity contribution in [1.29, 1.82) is 0 Å². The molecule has 78 valence electrons. The van der Waals surface area contributed by atoms with Crippen LogP contribution in [0.5, 0.6) is 0 Å². The highest BCUT2D eigenvalue weighted by molar-refractivity contribution is 9.10. The molecule has 0 saturated heterocycles. The fourth-order valence-corrected chi connectivity index (χ4v) is 3.61. The van der Waals surface area contributed by atoms with Crippen molar-refractivity contribution in [3.63, 3.8) is 0 Å². The number of anilines is 1. The maximum absolute atomic E-state index is 5.68. The van der Waals surface area contributed by atoms with Crippen molar-refractivity contribution >= 4 is 44.7 Å². The van der Waals surface area contributed by atoms with Gasteiger partial charge in [0.15, 0.2) is 0 Å². The first kappa shape index (κ1) is 11.0. The van der Waals surface area contributed by atoms with E-state index in [9.17, 15) is 0 Å². The van der Waals surface area contributed by atoms with E-state index >= 15 is 0 Å².